The quantitative estimate of drug-likeness (QED) is 0.392. The van der Waals surface area contributed by atoms with Crippen molar-refractivity contribution in [2.75, 3.05) is 31.2 Å². The zero-order valence-electron chi connectivity index (χ0n) is 16.9. The number of carbonyl (C=O) groups is 1. The van der Waals surface area contributed by atoms with E-state index in [0.29, 0.717) is 53.8 Å². The summed E-state index contributed by atoms with van der Waals surface area (Å²) in [5.74, 6) is 0.853. The molecule has 0 aliphatic carbocycles. The minimum atomic E-state index is -1.00. The van der Waals surface area contributed by atoms with Crippen LogP contribution in [0.2, 0.25) is 0 Å². The minimum absolute atomic E-state index is 0.180. The van der Waals surface area contributed by atoms with Crippen molar-refractivity contribution in [3.05, 3.63) is 77.4 Å². The number of hydrogen-bond donors (Lipinski definition) is 1. The van der Waals surface area contributed by atoms with Gasteiger partial charge in [0.1, 0.15) is 15.6 Å². The number of benzene rings is 2. The first-order chi connectivity index (χ1) is 15.2. The predicted molar refractivity (Wildman–Crippen MR) is 124 cm³/mol. The highest BCUT2D eigenvalue weighted by molar-refractivity contribution is 7.99. The highest BCUT2D eigenvalue weighted by Gasteiger charge is 2.24. The van der Waals surface area contributed by atoms with Gasteiger partial charge in [0, 0.05) is 24.6 Å². The first kappa shape index (κ1) is 21.7. The monoisotopic (exact) mass is 453 g/mol. The molecule has 1 aliphatic heterocycles. The Morgan fingerprint density at radius 3 is 1.81 bits per heavy atom. The molecule has 6 nitrogen and oxygen atoms in total. The number of morpholine rings is 1. The van der Waals surface area contributed by atoms with E-state index in [1.165, 1.54) is 23.5 Å². The zero-order valence-corrected chi connectivity index (χ0v) is 18.6. The standard InChI is InChI=1S/C23H23N3O3S2/c27-22(28)19-20(30-15-17-7-3-1-4-8-17)24-23(26-11-13-29-14-12-26)25-21(19)31-16-18-9-5-2-6-10-18/h1-10H,11-16H2,(H,27,28). The van der Waals surface area contributed by atoms with Crippen LogP contribution in [0.1, 0.15) is 21.5 Å². The van der Waals surface area contributed by atoms with Crippen LogP contribution in [0.25, 0.3) is 0 Å². The molecule has 31 heavy (non-hydrogen) atoms. The van der Waals surface area contributed by atoms with Crippen LogP contribution in [0.4, 0.5) is 5.95 Å². The van der Waals surface area contributed by atoms with Crippen LogP contribution < -0.4 is 4.90 Å². The summed E-state index contributed by atoms with van der Waals surface area (Å²) in [6.45, 7) is 2.61. The third kappa shape index (κ3) is 5.78. The van der Waals surface area contributed by atoms with Crippen LogP contribution in [0.3, 0.4) is 0 Å². The Morgan fingerprint density at radius 1 is 0.871 bits per heavy atom. The Bertz CT molecular complexity index is 949. The van der Waals surface area contributed by atoms with E-state index in [-0.39, 0.29) is 5.56 Å². The number of nitrogens with zero attached hydrogens (tertiary/aromatic N) is 3. The third-order valence-electron chi connectivity index (χ3n) is 4.78. The number of carboxylic acids is 1. The maximum Gasteiger partial charge on any atom is 0.341 e. The SMILES string of the molecule is O=C(O)c1c(SCc2ccccc2)nc(N2CCOCC2)nc1SCc1ccccc1. The first-order valence-corrected chi connectivity index (χ1v) is 12.0. The van der Waals surface area contributed by atoms with Gasteiger partial charge in [0.25, 0.3) is 0 Å². The third-order valence-corrected chi connectivity index (χ3v) is 6.87. The largest absolute Gasteiger partial charge is 0.477 e. The average Bonchev–Trinajstić information content (AvgIpc) is 2.82. The van der Waals surface area contributed by atoms with Crippen LogP contribution in [0.15, 0.2) is 70.7 Å². The number of ether oxygens (including phenoxy) is 1. The van der Waals surface area contributed by atoms with Gasteiger partial charge >= 0.3 is 5.97 Å². The van der Waals surface area contributed by atoms with Crippen LogP contribution >= 0.6 is 23.5 Å². The lowest BCUT2D eigenvalue weighted by atomic mass is 10.2. The minimum Gasteiger partial charge on any atom is -0.477 e. The predicted octanol–water partition coefficient (Wildman–Crippen LogP) is 4.60. The number of anilines is 1. The molecule has 0 spiro atoms. The lowest BCUT2D eigenvalue weighted by molar-refractivity contribution is 0.0687. The molecule has 0 bridgehead atoms. The molecule has 8 heteroatoms. The fraction of sp³-hybridized carbons (Fsp3) is 0.261. The molecule has 3 aromatic rings. The highest BCUT2D eigenvalue weighted by atomic mass is 32.2. The summed E-state index contributed by atoms with van der Waals surface area (Å²) >= 11 is 2.88. The van der Waals surface area contributed by atoms with Gasteiger partial charge in [-0.15, -0.1) is 23.5 Å². The zero-order chi connectivity index (χ0) is 21.5. The van der Waals surface area contributed by atoms with Crippen LogP contribution in [-0.2, 0) is 16.2 Å². The second-order valence-electron chi connectivity index (χ2n) is 6.96. The summed E-state index contributed by atoms with van der Waals surface area (Å²) in [4.78, 5) is 23.6. The van der Waals surface area contributed by atoms with Gasteiger partial charge in [-0.1, -0.05) is 60.7 Å². The van der Waals surface area contributed by atoms with Crippen molar-refractivity contribution in [3.63, 3.8) is 0 Å². The summed E-state index contributed by atoms with van der Waals surface area (Å²) in [7, 11) is 0. The molecule has 0 saturated carbocycles. The number of aromatic nitrogens is 2. The molecule has 1 aliphatic rings. The van der Waals surface area contributed by atoms with Crippen LogP contribution in [0, 0.1) is 0 Å². The molecule has 0 unspecified atom stereocenters. The Morgan fingerprint density at radius 2 is 1.35 bits per heavy atom. The molecule has 1 saturated heterocycles. The maximum atomic E-state index is 12.2. The topological polar surface area (TPSA) is 75.5 Å². The maximum absolute atomic E-state index is 12.2. The van der Waals surface area contributed by atoms with E-state index in [4.69, 9.17) is 4.74 Å². The average molecular weight is 454 g/mol. The van der Waals surface area contributed by atoms with E-state index >= 15 is 0 Å². The Hall–Kier alpha value is -2.55. The summed E-state index contributed by atoms with van der Waals surface area (Å²) < 4.78 is 5.45. The number of thioether (sulfide) groups is 2. The van der Waals surface area contributed by atoms with Gasteiger partial charge in [0.2, 0.25) is 5.95 Å². The summed E-state index contributed by atoms with van der Waals surface area (Å²) in [6, 6.07) is 20.0. The van der Waals surface area contributed by atoms with Crippen molar-refractivity contribution in [3.8, 4) is 0 Å². The van der Waals surface area contributed by atoms with E-state index in [9.17, 15) is 9.90 Å². The lowest BCUT2D eigenvalue weighted by Gasteiger charge is -2.27. The molecule has 0 amide bonds. The fourth-order valence-corrected chi connectivity index (χ4v) is 5.16. The van der Waals surface area contributed by atoms with Gasteiger partial charge < -0.3 is 14.7 Å². The number of aromatic carboxylic acids is 1. The van der Waals surface area contributed by atoms with Gasteiger partial charge in [-0.05, 0) is 11.1 Å². The van der Waals surface area contributed by atoms with Crippen LogP contribution in [-0.4, -0.2) is 47.3 Å². The number of carboxylic acid groups (broad SMARTS) is 1. The Balaban J connectivity index is 1.66. The van der Waals surface area contributed by atoms with E-state index in [2.05, 4.69) is 14.9 Å². The summed E-state index contributed by atoms with van der Waals surface area (Å²) in [6.07, 6.45) is 0. The molecule has 2 aromatic carbocycles. The van der Waals surface area contributed by atoms with Gasteiger partial charge in [-0.2, -0.15) is 0 Å². The van der Waals surface area contributed by atoms with Crippen LogP contribution in [0.5, 0.6) is 0 Å². The van der Waals surface area contributed by atoms with Crippen molar-refractivity contribution in [1.29, 1.82) is 0 Å². The Labute approximate surface area is 190 Å². The smallest absolute Gasteiger partial charge is 0.341 e. The first-order valence-electron chi connectivity index (χ1n) is 10.0. The molecule has 160 valence electrons. The van der Waals surface area contributed by atoms with E-state index in [1.54, 1.807) is 0 Å². The van der Waals surface area contributed by atoms with Gasteiger partial charge in [-0.3, -0.25) is 0 Å². The van der Waals surface area contributed by atoms with Gasteiger partial charge in [0.05, 0.1) is 13.2 Å². The molecule has 4 rings (SSSR count). The molecule has 1 fully saturated rings. The number of rotatable bonds is 8. The fourth-order valence-electron chi connectivity index (χ4n) is 3.16. The molecule has 1 aromatic heterocycles. The van der Waals surface area contributed by atoms with E-state index in [1.807, 2.05) is 60.7 Å². The molecular formula is C23H23N3O3S2. The molecule has 2 heterocycles. The lowest BCUT2D eigenvalue weighted by Crippen LogP contribution is -2.37. The normalized spacial score (nSPS) is 13.9. The van der Waals surface area contributed by atoms with Crippen molar-refractivity contribution >= 4 is 35.4 Å². The van der Waals surface area contributed by atoms with Crippen molar-refractivity contribution in [1.82, 2.24) is 9.97 Å². The summed E-state index contributed by atoms with van der Waals surface area (Å²) in [5.41, 5.74) is 2.42. The van der Waals surface area contributed by atoms with E-state index in [0.717, 1.165) is 11.1 Å². The van der Waals surface area contributed by atoms with Crippen molar-refractivity contribution < 1.29 is 14.6 Å². The van der Waals surface area contributed by atoms with E-state index < -0.39 is 5.97 Å². The summed E-state index contributed by atoms with van der Waals surface area (Å²) in [5, 5.41) is 11.0. The molecule has 0 radical (unpaired) electrons. The molecule has 1 N–H and O–H groups in total. The van der Waals surface area contributed by atoms with Crippen molar-refractivity contribution in [2.24, 2.45) is 0 Å². The highest BCUT2D eigenvalue weighted by Crippen LogP contribution is 2.34. The Kier molecular flexibility index (Phi) is 7.45. The second-order valence-corrected chi connectivity index (χ2v) is 8.89. The molecular weight excluding hydrogens is 430 g/mol. The van der Waals surface area contributed by atoms with Gasteiger partial charge in [-0.25, -0.2) is 14.8 Å². The van der Waals surface area contributed by atoms with Gasteiger partial charge in [0.15, 0.2) is 0 Å². The number of hydrogen-bond acceptors (Lipinski definition) is 7. The molecule has 0 atom stereocenters. The van der Waals surface area contributed by atoms with Crippen molar-refractivity contribution in [2.45, 2.75) is 21.6 Å². The second kappa shape index (κ2) is 10.7.